The first kappa shape index (κ1) is 20.6. The summed E-state index contributed by atoms with van der Waals surface area (Å²) < 4.78 is 17.1. The molecular weight excluding hydrogens is 422 g/mol. The maximum atomic E-state index is 12.4. The van der Waals surface area contributed by atoms with Crippen LogP contribution < -0.4 is 9.47 Å². The maximum Gasteiger partial charge on any atom is 0.307 e. The molecule has 0 aliphatic carbocycles. The second-order valence-corrected chi connectivity index (χ2v) is 7.95. The lowest BCUT2D eigenvalue weighted by atomic mass is 9.89. The third-order valence-electron chi connectivity index (χ3n) is 4.63. The number of fused-ring (bicyclic) bond motifs is 1. The number of carbonyl (C=O) groups excluding carboxylic acids is 1. The standard InChI is InChI=1S/C22H26BrNO4/c1-4-5-6-16-8-9-17(22(23)24-16)18(12-21(25)28-14(2)3)15-7-10-19-20(11-15)27-13-26-19/h7-11,14,18H,4-6,12-13H2,1-3H3/t18-/m0/s1. The van der Waals surface area contributed by atoms with Crippen LogP contribution >= 0.6 is 15.9 Å². The van der Waals surface area contributed by atoms with E-state index in [2.05, 4.69) is 28.9 Å². The minimum atomic E-state index is -0.236. The van der Waals surface area contributed by atoms with Crippen molar-refractivity contribution in [3.8, 4) is 11.5 Å². The van der Waals surface area contributed by atoms with Crippen molar-refractivity contribution in [2.75, 3.05) is 6.79 Å². The average Bonchev–Trinajstić information content (AvgIpc) is 3.12. The fourth-order valence-corrected chi connectivity index (χ4v) is 3.89. The van der Waals surface area contributed by atoms with Gasteiger partial charge in [-0.1, -0.05) is 25.5 Å². The van der Waals surface area contributed by atoms with E-state index in [1.165, 1.54) is 0 Å². The van der Waals surface area contributed by atoms with Crippen LogP contribution in [0.3, 0.4) is 0 Å². The molecule has 0 N–H and O–H groups in total. The first-order valence-corrected chi connectivity index (χ1v) is 10.5. The van der Waals surface area contributed by atoms with E-state index in [4.69, 9.17) is 19.2 Å². The Morgan fingerprint density at radius 3 is 2.71 bits per heavy atom. The molecule has 0 saturated carbocycles. The summed E-state index contributed by atoms with van der Waals surface area (Å²) in [4.78, 5) is 17.2. The van der Waals surface area contributed by atoms with E-state index in [9.17, 15) is 4.79 Å². The SMILES string of the molecule is CCCCc1ccc([C@@H](CC(=O)OC(C)C)c2ccc3c(c2)OCO3)c(Br)n1. The van der Waals surface area contributed by atoms with Gasteiger partial charge < -0.3 is 14.2 Å². The molecule has 0 unspecified atom stereocenters. The number of aromatic nitrogens is 1. The van der Waals surface area contributed by atoms with Gasteiger partial charge >= 0.3 is 5.97 Å². The van der Waals surface area contributed by atoms with Gasteiger partial charge in [-0.05, 0) is 71.9 Å². The number of ether oxygens (including phenoxy) is 3. The molecule has 1 aliphatic heterocycles. The van der Waals surface area contributed by atoms with Crippen molar-refractivity contribution in [3.63, 3.8) is 0 Å². The highest BCUT2D eigenvalue weighted by Crippen LogP contribution is 2.39. The monoisotopic (exact) mass is 447 g/mol. The third kappa shape index (κ3) is 5.04. The smallest absolute Gasteiger partial charge is 0.307 e. The van der Waals surface area contributed by atoms with Crippen LogP contribution in [-0.4, -0.2) is 23.9 Å². The molecule has 5 nitrogen and oxygen atoms in total. The van der Waals surface area contributed by atoms with Crippen molar-refractivity contribution in [3.05, 3.63) is 51.8 Å². The molecule has 0 amide bonds. The van der Waals surface area contributed by atoms with Gasteiger partial charge in [0.25, 0.3) is 0 Å². The number of carbonyl (C=O) groups is 1. The molecule has 2 aromatic rings. The Balaban J connectivity index is 1.93. The van der Waals surface area contributed by atoms with Crippen LogP contribution in [0.2, 0.25) is 0 Å². The Morgan fingerprint density at radius 2 is 2.00 bits per heavy atom. The summed E-state index contributed by atoms with van der Waals surface area (Å²) in [6.07, 6.45) is 3.25. The van der Waals surface area contributed by atoms with Crippen LogP contribution in [0.25, 0.3) is 0 Å². The zero-order valence-electron chi connectivity index (χ0n) is 16.5. The third-order valence-corrected chi connectivity index (χ3v) is 5.27. The normalized spacial score (nSPS) is 13.6. The van der Waals surface area contributed by atoms with E-state index < -0.39 is 0 Å². The molecule has 2 heterocycles. The van der Waals surface area contributed by atoms with Gasteiger partial charge in [0.15, 0.2) is 11.5 Å². The lowest BCUT2D eigenvalue weighted by molar-refractivity contribution is -0.147. The van der Waals surface area contributed by atoms with Gasteiger partial charge in [-0.2, -0.15) is 0 Å². The van der Waals surface area contributed by atoms with E-state index in [1.807, 2.05) is 38.1 Å². The van der Waals surface area contributed by atoms with Gasteiger partial charge in [-0.25, -0.2) is 4.98 Å². The molecule has 1 aliphatic rings. The molecule has 0 radical (unpaired) electrons. The van der Waals surface area contributed by atoms with Crippen LogP contribution in [-0.2, 0) is 16.0 Å². The zero-order valence-corrected chi connectivity index (χ0v) is 18.1. The van der Waals surface area contributed by atoms with Crippen LogP contribution in [0.15, 0.2) is 34.9 Å². The first-order chi connectivity index (χ1) is 13.5. The second kappa shape index (κ2) is 9.41. The molecule has 0 bridgehead atoms. The number of unbranched alkanes of at least 4 members (excludes halogenated alkanes) is 1. The van der Waals surface area contributed by atoms with Gasteiger partial charge in [-0.3, -0.25) is 4.79 Å². The number of nitrogens with zero attached hydrogens (tertiary/aromatic N) is 1. The highest BCUT2D eigenvalue weighted by molar-refractivity contribution is 9.10. The van der Waals surface area contributed by atoms with Gasteiger partial charge in [-0.15, -0.1) is 0 Å². The van der Waals surface area contributed by atoms with E-state index in [1.54, 1.807) is 0 Å². The molecule has 3 rings (SSSR count). The Kier molecular flexibility index (Phi) is 6.94. The predicted octanol–water partition coefficient (Wildman–Crippen LogP) is 5.39. The highest BCUT2D eigenvalue weighted by atomic mass is 79.9. The lowest BCUT2D eigenvalue weighted by Gasteiger charge is -2.20. The van der Waals surface area contributed by atoms with Crippen molar-refractivity contribution in [2.45, 2.75) is 58.5 Å². The summed E-state index contributed by atoms with van der Waals surface area (Å²) in [7, 11) is 0. The van der Waals surface area contributed by atoms with E-state index in [-0.39, 0.29) is 31.2 Å². The summed E-state index contributed by atoms with van der Waals surface area (Å²) >= 11 is 3.62. The summed E-state index contributed by atoms with van der Waals surface area (Å²) in [5.74, 6) is 0.991. The Hall–Kier alpha value is -2.08. The van der Waals surface area contributed by atoms with Crippen molar-refractivity contribution < 1.29 is 19.0 Å². The second-order valence-electron chi connectivity index (χ2n) is 7.19. The van der Waals surface area contributed by atoms with Crippen LogP contribution in [0.1, 0.15) is 62.8 Å². The van der Waals surface area contributed by atoms with Crippen molar-refractivity contribution in [1.29, 1.82) is 0 Å². The summed E-state index contributed by atoms with van der Waals surface area (Å²) in [5, 5.41) is 0. The molecule has 28 heavy (non-hydrogen) atoms. The van der Waals surface area contributed by atoms with Gasteiger partial charge in [0.2, 0.25) is 6.79 Å². The number of pyridine rings is 1. The zero-order chi connectivity index (χ0) is 20.1. The van der Waals surface area contributed by atoms with Crippen molar-refractivity contribution in [1.82, 2.24) is 4.98 Å². The number of benzene rings is 1. The van der Waals surface area contributed by atoms with E-state index in [0.29, 0.717) is 5.75 Å². The van der Waals surface area contributed by atoms with Crippen molar-refractivity contribution in [2.24, 2.45) is 0 Å². The number of halogens is 1. The number of hydrogen-bond donors (Lipinski definition) is 0. The lowest BCUT2D eigenvalue weighted by Crippen LogP contribution is -2.16. The van der Waals surface area contributed by atoms with Crippen molar-refractivity contribution >= 4 is 21.9 Å². The molecule has 0 fully saturated rings. The highest BCUT2D eigenvalue weighted by Gasteiger charge is 2.25. The predicted molar refractivity (Wildman–Crippen MR) is 111 cm³/mol. The number of esters is 1. The molecule has 0 spiro atoms. The molecular formula is C22H26BrNO4. The van der Waals surface area contributed by atoms with E-state index >= 15 is 0 Å². The molecule has 1 atom stereocenters. The molecule has 6 heteroatoms. The summed E-state index contributed by atoms with van der Waals surface area (Å²) in [5.41, 5.74) is 2.97. The molecule has 150 valence electrons. The van der Waals surface area contributed by atoms with E-state index in [0.717, 1.165) is 46.4 Å². The number of aryl methyl sites for hydroxylation is 1. The van der Waals surface area contributed by atoms with Crippen LogP contribution in [0.5, 0.6) is 11.5 Å². The first-order valence-electron chi connectivity index (χ1n) is 9.72. The Labute approximate surface area is 174 Å². The fourth-order valence-electron chi connectivity index (χ4n) is 3.25. The largest absolute Gasteiger partial charge is 0.463 e. The Bertz CT molecular complexity index is 837. The van der Waals surface area contributed by atoms with Crippen LogP contribution in [0, 0.1) is 0 Å². The van der Waals surface area contributed by atoms with Gasteiger partial charge in [0.1, 0.15) is 4.60 Å². The molecule has 1 aromatic heterocycles. The topological polar surface area (TPSA) is 57.7 Å². The molecule has 1 aromatic carbocycles. The number of hydrogen-bond acceptors (Lipinski definition) is 5. The minimum Gasteiger partial charge on any atom is -0.463 e. The Morgan fingerprint density at radius 1 is 1.21 bits per heavy atom. The quantitative estimate of drug-likeness (QED) is 0.401. The minimum absolute atomic E-state index is 0.150. The van der Waals surface area contributed by atoms with Crippen LogP contribution in [0.4, 0.5) is 0 Å². The fraction of sp³-hybridized carbons (Fsp3) is 0.455. The van der Waals surface area contributed by atoms with Gasteiger partial charge in [0.05, 0.1) is 12.5 Å². The average molecular weight is 448 g/mol. The number of rotatable bonds is 8. The molecule has 0 saturated heterocycles. The maximum absolute atomic E-state index is 12.4. The van der Waals surface area contributed by atoms with Gasteiger partial charge in [0, 0.05) is 11.6 Å². The summed E-state index contributed by atoms with van der Waals surface area (Å²) in [6, 6.07) is 9.89. The summed E-state index contributed by atoms with van der Waals surface area (Å²) in [6.45, 7) is 6.09.